The van der Waals surface area contributed by atoms with E-state index in [1.54, 1.807) is 13.3 Å². The Balaban J connectivity index is 0.00000324. The monoisotopic (exact) mass is 376 g/mol. The lowest BCUT2D eigenvalue weighted by Gasteiger charge is -2.23. The highest BCUT2D eigenvalue weighted by Crippen LogP contribution is 2.17. The smallest absolute Gasteiger partial charge is 0.191 e. The molecule has 6 heteroatoms. The number of hydrogen-bond acceptors (Lipinski definition) is 3. The van der Waals surface area contributed by atoms with Crippen molar-refractivity contribution in [3.05, 3.63) is 24.2 Å². The molecule has 1 unspecified atom stereocenters. The van der Waals surface area contributed by atoms with Gasteiger partial charge in [0.2, 0.25) is 0 Å². The van der Waals surface area contributed by atoms with Crippen molar-refractivity contribution in [1.29, 1.82) is 0 Å². The first kappa shape index (κ1) is 17.8. The van der Waals surface area contributed by atoms with Gasteiger partial charge < -0.3 is 15.1 Å². The summed E-state index contributed by atoms with van der Waals surface area (Å²) in [6.07, 6.45) is 6.87. The van der Waals surface area contributed by atoms with E-state index in [-0.39, 0.29) is 30.0 Å². The van der Waals surface area contributed by atoms with Crippen LogP contribution >= 0.6 is 24.0 Å². The molecule has 2 N–H and O–H groups in total. The first-order valence-corrected chi connectivity index (χ1v) is 5.76. The molecule has 1 rings (SSSR count). The van der Waals surface area contributed by atoms with Crippen LogP contribution in [0.5, 0.6) is 0 Å². The molecule has 0 aliphatic heterocycles. The van der Waals surface area contributed by atoms with E-state index in [4.69, 9.17) is 10.8 Å². The summed E-state index contributed by atoms with van der Waals surface area (Å²) >= 11 is 0. The molecule has 0 bridgehead atoms. The van der Waals surface area contributed by atoms with Crippen molar-refractivity contribution < 1.29 is 4.42 Å². The van der Waals surface area contributed by atoms with Gasteiger partial charge in [0.05, 0.1) is 18.8 Å². The molecule has 1 heterocycles. The second kappa shape index (κ2) is 9.69. The molecule has 0 aliphatic carbocycles. The van der Waals surface area contributed by atoms with Crippen molar-refractivity contribution in [2.75, 3.05) is 34.2 Å². The van der Waals surface area contributed by atoms with Crippen molar-refractivity contribution in [3.63, 3.8) is 0 Å². The molecule has 0 saturated carbocycles. The zero-order valence-corrected chi connectivity index (χ0v) is 13.8. The third kappa shape index (κ3) is 5.98. The SMILES string of the molecule is C#CCNC(=NC)NCC(c1ccco1)N(C)C.I. The number of halogens is 1. The van der Waals surface area contributed by atoms with Crippen LogP contribution in [0.15, 0.2) is 27.8 Å². The number of aliphatic imine (C=N–C) groups is 1. The van der Waals surface area contributed by atoms with Crippen molar-refractivity contribution in [1.82, 2.24) is 15.5 Å². The minimum Gasteiger partial charge on any atom is -0.468 e. The Bertz CT molecular complexity index is 409. The fraction of sp³-hybridized carbons (Fsp3) is 0.462. The van der Waals surface area contributed by atoms with Crippen LogP contribution in [-0.4, -0.2) is 45.1 Å². The first-order valence-electron chi connectivity index (χ1n) is 5.76. The Morgan fingerprint density at radius 3 is 2.74 bits per heavy atom. The van der Waals surface area contributed by atoms with Gasteiger partial charge in [0, 0.05) is 13.6 Å². The Morgan fingerprint density at radius 1 is 1.53 bits per heavy atom. The summed E-state index contributed by atoms with van der Waals surface area (Å²) < 4.78 is 5.43. The standard InChI is InChI=1S/C13H20N4O.HI/c1-5-8-15-13(14-2)16-10-11(17(3)4)12-7-6-9-18-12;/h1,6-7,9,11H,8,10H2,2-4H3,(H2,14,15,16);1H. The van der Waals surface area contributed by atoms with Gasteiger partial charge >= 0.3 is 0 Å². The molecule has 106 valence electrons. The fourth-order valence-electron chi connectivity index (χ4n) is 1.57. The van der Waals surface area contributed by atoms with Crippen LogP contribution in [0, 0.1) is 12.3 Å². The Kier molecular flexibility index (Phi) is 9.08. The summed E-state index contributed by atoms with van der Waals surface area (Å²) in [6.45, 7) is 1.14. The van der Waals surface area contributed by atoms with Crippen LogP contribution in [0.25, 0.3) is 0 Å². The van der Waals surface area contributed by atoms with Crippen molar-refractivity contribution in [2.45, 2.75) is 6.04 Å². The number of hydrogen-bond donors (Lipinski definition) is 2. The Hall–Kier alpha value is -1.20. The van der Waals surface area contributed by atoms with E-state index in [1.807, 2.05) is 26.2 Å². The number of furan rings is 1. The molecule has 1 aromatic rings. The van der Waals surface area contributed by atoms with Crippen molar-refractivity contribution >= 4 is 29.9 Å². The van der Waals surface area contributed by atoms with Crippen LogP contribution in [0.4, 0.5) is 0 Å². The number of nitrogens with one attached hydrogen (secondary N) is 2. The maximum Gasteiger partial charge on any atom is 0.191 e. The molecule has 0 radical (unpaired) electrons. The number of rotatable bonds is 5. The summed E-state index contributed by atoms with van der Waals surface area (Å²) in [5.74, 6) is 4.11. The molecule has 5 nitrogen and oxygen atoms in total. The predicted octanol–water partition coefficient (Wildman–Crippen LogP) is 1.30. The van der Waals surface area contributed by atoms with E-state index < -0.39 is 0 Å². The van der Waals surface area contributed by atoms with E-state index >= 15 is 0 Å². The minimum absolute atomic E-state index is 0. The predicted molar refractivity (Wildman–Crippen MR) is 88.7 cm³/mol. The quantitative estimate of drug-likeness (QED) is 0.352. The van der Waals surface area contributed by atoms with Gasteiger partial charge in [-0.2, -0.15) is 0 Å². The maximum atomic E-state index is 5.43. The van der Waals surface area contributed by atoms with E-state index in [1.165, 1.54) is 0 Å². The molecule has 1 atom stereocenters. The average molecular weight is 376 g/mol. The second-order valence-corrected chi connectivity index (χ2v) is 4.01. The van der Waals surface area contributed by atoms with E-state index in [0.29, 0.717) is 19.0 Å². The highest BCUT2D eigenvalue weighted by atomic mass is 127. The summed E-state index contributed by atoms with van der Waals surface area (Å²) in [5.41, 5.74) is 0. The molecule has 0 saturated heterocycles. The third-order valence-electron chi connectivity index (χ3n) is 2.54. The molecular formula is C13H21IN4O. The van der Waals surface area contributed by atoms with E-state index in [9.17, 15) is 0 Å². The van der Waals surface area contributed by atoms with Gasteiger partial charge in [-0.3, -0.25) is 9.89 Å². The van der Waals surface area contributed by atoms with Crippen LogP contribution in [-0.2, 0) is 0 Å². The topological polar surface area (TPSA) is 52.8 Å². The number of likely N-dealkylation sites (N-methyl/N-ethyl adjacent to an activating group) is 1. The second-order valence-electron chi connectivity index (χ2n) is 4.01. The summed E-state index contributed by atoms with van der Waals surface area (Å²) in [5, 5.41) is 6.23. The zero-order chi connectivity index (χ0) is 13.4. The molecule has 1 aromatic heterocycles. The van der Waals surface area contributed by atoms with E-state index in [2.05, 4.69) is 26.4 Å². The lowest BCUT2D eigenvalue weighted by atomic mass is 10.2. The van der Waals surface area contributed by atoms with Gasteiger partial charge in [0.1, 0.15) is 5.76 Å². The largest absolute Gasteiger partial charge is 0.468 e. The lowest BCUT2D eigenvalue weighted by Crippen LogP contribution is -2.41. The van der Waals surface area contributed by atoms with Gasteiger partial charge in [-0.25, -0.2) is 0 Å². The zero-order valence-electron chi connectivity index (χ0n) is 11.5. The van der Waals surface area contributed by atoms with Crippen LogP contribution in [0.1, 0.15) is 11.8 Å². The molecule has 0 spiro atoms. The minimum atomic E-state index is 0. The molecular weight excluding hydrogens is 355 g/mol. The highest BCUT2D eigenvalue weighted by molar-refractivity contribution is 14.0. The molecule has 0 aromatic carbocycles. The molecule has 19 heavy (non-hydrogen) atoms. The highest BCUT2D eigenvalue weighted by Gasteiger charge is 2.16. The van der Waals surface area contributed by atoms with Crippen molar-refractivity contribution in [3.8, 4) is 12.3 Å². The van der Waals surface area contributed by atoms with Crippen molar-refractivity contribution in [2.24, 2.45) is 4.99 Å². The third-order valence-corrected chi connectivity index (χ3v) is 2.54. The van der Waals surface area contributed by atoms with Gasteiger partial charge in [0.25, 0.3) is 0 Å². The molecule has 0 aliphatic rings. The maximum absolute atomic E-state index is 5.43. The number of terminal acetylenes is 1. The molecule has 0 fully saturated rings. The Labute approximate surface area is 131 Å². The van der Waals surface area contributed by atoms with Gasteiger partial charge in [-0.15, -0.1) is 30.4 Å². The van der Waals surface area contributed by atoms with Gasteiger partial charge in [0.15, 0.2) is 5.96 Å². The lowest BCUT2D eigenvalue weighted by molar-refractivity contribution is 0.258. The summed E-state index contributed by atoms with van der Waals surface area (Å²) in [7, 11) is 5.72. The number of guanidine groups is 1. The van der Waals surface area contributed by atoms with Gasteiger partial charge in [-0.05, 0) is 26.2 Å². The normalized spacial score (nSPS) is 12.5. The van der Waals surface area contributed by atoms with Crippen LogP contribution in [0.2, 0.25) is 0 Å². The first-order chi connectivity index (χ1) is 8.69. The van der Waals surface area contributed by atoms with Crippen LogP contribution < -0.4 is 10.6 Å². The average Bonchev–Trinajstić information content (AvgIpc) is 2.86. The van der Waals surface area contributed by atoms with E-state index in [0.717, 1.165) is 5.76 Å². The van der Waals surface area contributed by atoms with Crippen LogP contribution in [0.3, 0.4) is 0 Å². The summed E-state index contributed by atoms with van der Waals surface area (Å²) in [6, 6.07) is 3.99. The molecule has 0 amide bonds. The number of nitrogens with zero attached hydrogens (tertiary/aromatic N) is 2. The van der Waals surface area contributed by atoms with Gasteiger partial charge in [-0.1, -0.05) is 5.92 Å². The fourth-order valence-corrected chi connectivity index (χ4v) is 1.57. The Morgan fingerprint density at radius 2 is 2.26 bits per heavy atom. The summed E-state index contributed by atoms with van der Waals surface area (Å²) in [4.78, 5) is 6.17.